The van der Waals surface area contributed by atoms with Gasteiger partial charge in [0.15, 0.2) is 5.82 Å². The van der Waals surface area contributed by atoms with E-state index < -0.39 is 5.92 Å². The first-order valence-electron chi connectivity index (χ1n) is 10.3. The number of aryl methyl sites for hydroxylation is 1. The van der Waals surface area contributed by atoms with Gasteiger partial charge in [-0.05, 0) is 25.8 Å². The predicted molar refractivity (Wildman–Crippen MR) is 105 cm³/mol. The molecule has 2 unspecified atom stereocenters. The molecule has 0 spiro atoms. The lowest BCUT2D eigenvalue weighted by atomic mass is 9.92. The summed E-state index contributed by atoms with van der Waals surface area (Å²) in [5.41, 5.74) is 0.905. The number of nitrogens with zero attached hydrogens (tertiary/aromatic N) is 5. The van der Waals surface area contributed by atoms with Gasteiger partial charge in [0.1, 0.15) is 5.82 Å². The van der Waals surface area contributed by atoms with Crippen LogP contribution in [0.15, 0.2) is 18.3 Å². The molecule has 7 nitrogen and oxygen atoms in total. The van der Waals surface area contributed by atoms with Crippen molar-refractivity contribution in [2.45, 2.75) is 44.6 Å². The number of nitrogens with one attached hydrogen (secondary N) is 1. The lowest BCUT2D eigenvalue weighted by Gasteiger charge is -2.29. The van der Waals surface area contributed by atoms with E-state index in [0.29, 0.717) is 36.4 Å². The highest BCUT2D eigenvalue weighted by atomic mass is 19.3. The lowest BCUT2D eigenvalue weighted by Crippen LogP contribution is -2.33. The van der Waals surface area contributed by atoms with E-state index in [4.69, 9.17) is 9.72 Å². The molecule has 156 valence electrons. The molecule has 0 radical (unpaired) electrons. The molecular weight excluding hydrogens is 378 g/mol. The Bertz CT molecular complexity index is 866. The third-order valence-electron chi connectivity index (χ3n) is 6.27. The summed E-state index contributed by atoms with van der Waals surface area (Å²) >= 11 is 0. The molecule has 2 aromatic heterocycles. The van der Waals surface area contributed by atoms with Crippen molar-refractivity contribution in [2.24, 2.45) is 11.8 Å². The molecule has 2 saturated heterocycles. The first kappa shape index (κ1) is 18.7. The molecule has 3 fully saturated rings. The molecular formula is C20H26F2N6O. The first-order valence-corrected chi connectivity index (χ1v) is 10.3. The zero-order valence-corrected chi connectivity index (χ0v) is 16.5. The van der Waals surface area contributed by atoms with Crippen LogP contribution in [0.2, 0.25) is 0 Å². The number of hydrogen-bond donors (Lipinski definition) is 1. The predicted octanol–water partition coefficient (Wildman–Crippen LogP) is 3.04. The number of hydrogen-bond acceptors (Lipinski definition) is 6. The molecule has 0 aromatic carbocycles. The molecule has 9 heteroatoms. The second kappa shape index (κ2) is 7.19. The summed E-state index contributed by atoms with van der Waals surface area (Å²) in [5.74, 6) is 0.540. The summed E-state index contributed by atoms with van der Waals surface area (Å²) in [6, 6.07) is 3.84. The minimum Gasteiger partial charge on any atom is -0.381 e. The van der Waals surface area contributed by atoms with Gasteiger partial charge < -0.3 is 15.0 Å². The zero-order chi connectivity index (χ0) is 20.0. The number of alkyl halides is 2. The monoisotopic (exact) mass is 404 g/mol. The van der Waals surface area contributed by atoms with Gasteiger partial charge in [0.25, 0.3) is 0 Å². The second-order valence-electron chi connectivity index (χ2n) is 8.55. The zero-order valence-electron chi connectivity index (χ0n) is 16.5. The quantitative estimate of drug-likeness (QED) is 0.845. The minimum atomic E-state index is -2.55. The average Bonchev–Trinajstić information content (AvgIpc) is 3.39. The van der Waals surface area contributed by atoms with Crippen molar-refractivity contribution >= 4 is 11.8 Å². The highest BCUT2D eigenvalue weighted by Crippen LogP contribution is 2.35. The van der Waals surface area contributed by atoms with E-state index in [0.717, 1.165) is 37.8 Å². The van der Waals surface area contributed by atoms with E-state index >= 15 is 0 Å². The van der Waals surface area contributed by atoms with Gasteiger partial charge in [-0.15, -0.1) is 0 Å². The molecule has 0 bridgehead atoms. The molecule has 3 aliphatic rings. The van der Waals surface area contributed by atoms with Gasteiger partial charge in [-0.1, -0.05) is 0 Å². The number of halogens is 2. The van der Waals surface area contributed by atoms with Crippen LogP contribution in [0.3, 0.4) is 0 Å². The van der Waals surface area contributed by atoms with Crippen LogP contribution in [0.5, 0.6) is 0 Å². The summed E-state index contributed by atoms with van der Waals surface area (Å²) < 4.78 is 34.3. The summed E-state index contributed by atoms with van der Waals surface area (Å²) in [6.45, 7) is 5.36. The number of fused-ring (bicyclic) bond motifs is 1. The summed E-state index contributed by atoms with van der Waals surface area (Å²) in [7, 11) is 0. The van der Waals surface area contributed by atoms with Crippen molar-refractivity contribution in [3.8, 4) is 5.82 Å². The fraction of sp³-hybridized carbons (Fsp3) is 0.650. The number of aromatic nitrogens is 4. The summed E-state index contributed by atoms with van der Waals surface area (Å²) in [6.07, 6.45) is 2.53. The third-order valence-corrected chi connectivity index (χ3v) is 6.27. The van der Waals surface area contributed by atoms with Crippen molar-refractivity contribution < 1.29 is 13.5 Å². The van der Waals surface area contributed by atoms with Gasteiger partial charge in [0.05, 0.1) is 18.9 Å². The Morgan fingerprint density at radius 1 is 1.10 bits per heavy atom. The number of rotatable bonds is 4. The van der Waals surface area contributed by atoms with Gasteiger partial charge in [-0.2, -0.15) is 15.1 Å². The molecule has 5 rings (SSSR count). The maximum Gasteiger partial charge on any atom is 0.248 e. The van der Waals surface area contributed by atoms with E-state index in [9.17, 15) is 8.78 Å². The van der Waals surface area contributed by atoms with Gasteiger partial charge in [0, 0.05) is 56.1 Å². The van der Waals surface area contributed by atoms with Crippen LogP contribution in [0.1, 0.15) is 31.4 Å². The Kier molecular flexibility index (Phi) is 4.64. The van der Waals surface area contributed by atoms with E-state index in [1.165, 1.54) is 0 Å². The molecule has 1 N–H and O–H groups in total. The Morgan fingerprint density at radius 2 is 1.79 bits per heavy atom. The Morgan fingerprint density at radius 3 is 2.45 bits per heavy atom. The molecule has 0 amide bonds. The van der Waals surface area contributed by atoms with E-state index in [-0.39, 0.29) is 18.9 Å². The van der Waals surface area contributed by atoms with Crippen LogP contribution >= 0.6 is 0 Å². The van der Waals surface area contributed by atoms with Gasteiger partial charge >= 0.3 is 0 Å². The van der Waals surface area contributed by atoms with Crippen molar-refractivity contribution in [3.63, 3.8) is 0 Å². The van der Waals surface area contributed by atoms with E-state index in [1.54, 1.807) is 4.68 Å². The highest BCUT2D eigenvalue weighted by molar-refractivity contribution is 5.50. The minimum absolute atomic E-state index is 0.0385. The smallest absolute Gasteiger partial charge is 0.248 e. The Balaban J connectivity index is 1.41. The third kappa shape index (κ3) is 3.92. The van der Waals surface area contributed by atoms with Crippen molar-refractivity contribution in [1.82, 2.24) is 19.7 Å². The highest BCUT2D eigenvalue weighted by Gasteiger charge is 2.38. The molecule has 4 heterocycles. The molecule has 2 atom stereocenters. The molecule has 1 aliphatic carbocycles. The Labute approximate surface area is 168 Å². The largest absolute Gasteiger partial charge is 0.381 e. The van der Waals surface area contributed by atoms with Crippen LogP contribution in [0.25, 0.3) is 5.82 Å². The Hall–Kier alpha value is -2.29. The van der Waals surface area contributed by atoms with E-state index in [2.05, 4.69) is 20.3 Å². The number of ether oxygens (including phenoxy) is 1. The molecule has 29 heavy (non-hydrogen) atoms. The summed E-state index contributed by atoms with van der Waals surface area (Å²) in [5, 5.41) is 7.78. The SMILES string of the molecule is Cc1ccn(-c2cc(N3CC4COCC4C3)nc(NC3CCC(F)(F)CC3)n2)n1. The summed E-state index contributed by atoms with van der Waals surface area (Å²) in [4.78, 5) is 11.6. The van der Waals surface area contributed by atoms with Crippen molar-refractivity contribution in [1.29, 1.82) is 0 Å². The van der Waals surface area contributed by atoms with Crippen molar-refractivity contribution in [2.75, 3.05) is 36.5 Å². The lowest BCUT2D eigenvalue weighted by molar-refractivity contribution is -0.0361. The van der Waals surface area contributed by atoms with Gasteiger partial charge in [-0.3, -0.25) is 0 Å². The standard InChI is InChI=1S/C20H26F2N6O/c1-13-4-7-28(26-13)18-8-17(27-9-14-11-29-12-15(14)10-27)24-19(25-18)23-16-2-5-20(21,22)6-3-16/h4,7-8,14-16H,2-3,5-6,9-12H2,1H3,(H,23,24,25). The van der Waals surface area contributed by atoms with Crippen molar-refractivity contribution in [3.05, 3.63) is 24.0 Å². The normalized spacial score (nSPS) is 26.7. The van der Waals surface area contributed by atoms with Crippen LogP contribution in [0.4, 0.5) is 20.5 Å². The fourth-order valence-electron chi connectivity index (χ4n) is 4.55. The molecule has 1 saturated carbocycles. The maximum atomic E-state index is 13.5. The van der Waals surface area contributed by atoms with Gasteiger partial charge in [-0.25, -0.2) is 13.5 Å². The van der Waals surface area contributed by atoms with Crippen LogP contribution in [-0.2, 0) is 4.74 Å². The molecule has 2 aromatic rings. The second-order valence-corrected chi connectivity index (χ2v) is 8.55. The van der Waals surface area contributed by atoms with E-state index in [1.807, 2.05) is 25.3 Å². The van der Waals surface area contributed by atoms with Gasteiger partial charge in [0.2, 0.25) is 11.9 Å². The maximum absolute atomic E-state index is 13.5. The van der Waals surface area contributed by atoms with Crippen LogP contribution in [-0.4, -0.2) is 58.0 Å². The first-order chi connectivity index (χ1) is 13.9. The molecule has 2 aliphatic heterocycles. The topological polar surface area (TPSA) is 68.1 Å². The van der Waals surface area contributed by atoms with Crippen LogP contribution < -0.4 is 10.2 Å². The number of anilines is 2. The average molecular weight is 404 g/mol. The van der Waals surface area contributed by atoms with Crippen LogP contribution in [0, 0.1) is 18.8 Å². The fourth-order valence-corrected chi connectivity index (χ4v) is 4.55.